The van der Waals surface area contributed by atoms with Gasteiger partial charge in [-0.2, -0.15) is 4.98 Å². The number of nitrogens with two attached hydrogens (primary N) is 1. The SMILES string of the molecule is CCC(C)N(C)CCNc1ccnc(N)n1. The molecule has 1 aromatic rings. The lowest BCUT2D eigenvalue weighted by Gasteiger charge is -2.23. The van der Waals surface area contributed by atoms with Crippen LogP contribution in [0.25, 0.3) is 0 Å². The van der Waals surface area contributed by atoms with E-state index in [2.05, 4.69) is 41.1 Å². The van der Waals surface area contributed by atoms with E-state index < -0.39 is 0 Å². The van der Waals surface area contributed by atoms with Crippen LogP contribution < -0.4 is 11.1 Å². The minimum absolute atomic E-state index is 0.306. The highest BCUT2D eigenvalue weighted by Gasteiger charge is 2.05. The Hall–Kier alpha value is -1.36. The summed E-state index contributed by atoms with van der Waals surface area (Å²) in [6.07, 6.45) is 2.82. The van der Waals surface area contributed by atoms with E-state index in [4.69, 9.17) is 5.73 Å². The van der Waals surface area contributed by atoms with Crippen LogP contribution in [0.2, 0.25) is 0 Å². The summed E-state index contributed by atoms with van der Waals surface area (Å²) in [5, 5.41) is 3.22. The zero-order valence-electron chi connectivity index (χ0n) is 10.3. The van der Waals surface area contributed by atoms with Crippen LogP contribution in [-0.2, 0) is 0 Å². The second-order valence-electron chi connectivity index (χ2n) is 3.96. The molecule has 0 aromatic carbocycles. The molecule has 0 aliphatic carbocycles. The highest BCUT2D eigenvalue weighted by atomic mass is 15.1. The maximum Gasteiger partial charge on any atom is 0.221 e. The molecule has 1 atom stereocenters. The molecular formula is C11H21N5. The number of hydrogen-bond acceptors (Lipinski definition) is 5. The van der Waals surface area contributed by atoms with Crippen molar-refractivity contribution in [1.82, 2.24) is 14.9 Å². The fraction of sp³-hybridized carbons (Fsp3) is 0.636. The largest absolute Gasteiger partial charge is 0.369 e. The van der Waals surface area contributed by atoms with Crippen molar-refractivity contribution in [2.24, 2.45) is 0 Å². The smallest absolute Gasteiger partial charge is 0.221 e. The average Bonchev–Trinajstić information content (AvgIpc) is 2.28. The lowest BCUT2D eigenvalue weighted by Crippen LogP contribution is -2.32. The molecule has 16 heavy (non-hydrogen) atoms. The van der Waals surface area contributed by atoms with E-state index in [1.807, 2.05) is 6.07 Å². The molecule has 0 fully saturated rings. The lowest BCUT2D eigenvalue weighted by molar-refractivity contribution is 0.261. The topological polar surface area (TPSA) is 67.1 Å². The predicted molar refractivity (Wildman–Crippen MR) is 67.3 cm³/mol. The Kier molecular flexibility index (Phi) is 4.98. The number of nitrogens with zero attached hydrogens (tertiary/aromatic N) is 3. The summed E-state index contributed by atoms with van der Waals surface area (Å²) in [5.74, 6) is 1.09. The zero-order valence-corrected chi connectivity index (χ0v) is 10.3. The fourth-order valence-corrected chi connectivity index (χ4v) is 1.36. The second-order valence-corrected chi connectivity index (χ2v) is 3.96. The molecule has 1 aromatic heterocycles. The number of likely N-dealkylation sites (N-methyl/N-ethyl adjacent to an activating group) is 1. The van der Waals surface area contributed by atoms with Gasteiger partial charge in [0.1, 0.15) is 5.82 Å². The quantitative estimate of drug-likeness (QED) is 0.758. The van der Waals surface area contributed by atoms with Gasteiger partial charge in [0.15, 0.2) is 0 Å². The van der Waals surface area contributed by atoms with Crippen molar-refractivity contribution in [2.75, 3.05) is 31.2 Å². The van der Waals surface area contributed by atoms with Crippen molar-refractivity contribution in [3.63, 3.8) is 0 Å². The number of nitrogen functional groups attached to an aromatic ring is 1. The molecule has 0 bridgehead atoms. The molecule has 0 aliphatic heterocycles. The minimum Gasteiger partial charge on any atom is -0.369 e. The first kappa shape index (κ1) is 12.7. The van der Waals surface area contributed by atoms with Gasteiger partial charge in [-0.3, -0.25) is 0 Å². The molecule has 1 unspecified atom stereocenters. The van der Waals surface area contributed by atoms with Crippen molar-refractivity contribution in [3.8, 4) is 0 Å². The summed E-state index contributed by atoms with van der Waals surface area (Å²) in [4.78, 5) is 10.2. The van der Waals surface area contributed by atoms with Gasteiger partial charge in [0.05, 0.1) is 0 Å². The number of nitrogens with one attached hydrogen (secondary N) is 1. The molecule has 5 heteroatoms. The van der Waals surface area contributed by atoms with Crippen molar-refractivity contribution in [1.29, 1.82) is 0 Å². The van der Waals surface area contributed by atoms with Crippen LogP contribution in [0.1, 0.15) is 20.3 Å². The maximum atomic E-state index is 5.49. The zero-order chi connectivity index (χ0) is 12.0. The van der Waals surface area contributed by atoms with Gasteiger partial charge < -0.3 is 16.0 Å². The van der Waals surface area contributed by atoms with Crippen molar-refractivity contribution in [3.05, 3.63) is 12.3 Å². The number of hydrogen-bond donors (Lipinski definition) is 2. The molecule has 0 saturated heterocycles. The van der Waals surface area contributed by atoms with E-state index in [1.165, 1.54) is 0 Å². The van der Waals surface area contributed by atoms with E-state index in [0.29, 0.717) is 12.0 Å². The summed E-state index contributed by atoms with van der Waals surface area (Å²) in [5.41, 5.74) is 5.49. The Labute approximate surface area is 97.1 Å². The maximum absolute atomic E-state index is 5.49. The first-order valence-corrected chi connectivity index (χ1v) is 5.66. The number of rotatable bonds is 6. The van der Waals surface area contributed by atoms with Gasteiger partial charge in [-0.15, -0.1) is 0 Å². The van der Waals surface area contributed by atoms with Gasteiger partial charge in [-0.25, -0.2) is 4.98 Å². The molecular weight excluding hydrogens is 202 g/mol. The molecule has 1 heterocycles. The van der Waals surface area contributed by atoms with Crippen LogP contribution in [0.3, 0.4) is 0 Å². The standard InChI is InChI=1S/C11H21N5/c1-4-9(2)16(3)8-7-13-10-5-6-14-11(12)15-10/h5-6,9H,4,7-8H2,1-3H3,(H3,12,13,14,15). The fourth-order valence-electron chi connectivity index (χ4n) is 1.36. The molecule has 90 valence electrons. The number of anilines is 2. The molecule has 0 amide bonds. The van der Waals surface area contributed by atoms with Crippen LogP contribution in [0, 0.1) is 0 Å². The molecule has 0 spiro atoms. The highest BCUT2D eigenvalue weighted by molar-refractivity contribution is 5.37. The highest BCUT2D eigenvalue weighted by Crippen LogP contribution is 2.03. The third-order valence-electron chi connectivity index (χ3n) is 2.79. The first-order valence-electron chi connectivity index (χ1n) is 5.66. The van der Waals surface area contributed by atoms with Crippen molar-refractivity contribution >= 4 is 11.8 Å². The summed E-state index contributed by atoms with van der Waals surface area (Å²) in [7, 11) is 2.13. The molecule has 0 saturated carbocycles. The lowest BCUT2D eigenvalue weighted by atomic mass is 10.2. The van der Waals surface area contributed by atoms with Gasteiger partial charge in [-0.05, 0) is 26.5 Å². The molecule has 0 radical (unpaired) electrons. The van der Waals surface area contributed by atoms with Crippen LogP contribution in [0.5, 0.6) is 0 Å². The summed E-state index contributed by atoms with van der Waals surface area (Å²) in [6.45, 7) is 6.26. The van der Waals surface area contributed by atoms with Crippen molar-refractivity contribution in [2.45, 2.75) is 26.3 Å². The van der Waals surface area contributed by atoms with Gasteiger partial charge >= 0.3 is 0 Å². The van der Waals surface area contributed by atoms with E-state index in [9.17, 15) is 0 Å². The van der Waals surface area contributed by atoms with Gasteiger partial charge in [-0.1, -0.05) is 6.92 Å². The van der Waals surface area contributed by atoms with Crippen LogP contribution >= 0.6 is 0 Å². The first-order chi connectivity index (χ1) is 7.63. The van der Waals surface area contributed by atoms with Crippen LogP contribution in [-0.4, -0.2) is 41.0 Å². The Morgan fingerprint density at radius 3 is 2.94 bits per heavy atom. The second kappa shape index (κ2) is 6.27. The average molecular weight is 223 g/mol. The Morgan fingerprint density at radius 2 is 2.31 bits per heavy atom. The van der Waals surface area contributed by atoms with Crippen LogP contribution in [0.4, 0.5) is 11.8 Å². The van der Waals surface area contributed by atoms with E-state index >= 15 is 0 Å². The molecule has 1 rings (SSSR count). The van der Waals surface area contributed by atoms with Crippen LogP contribution in [0.15, 0.2) is 12.3 Å². The predicted octanol–water partition coefficient (Wildman–Crippen LogP) is 1.20. The Balaban J connectivity index is 2.30. The van der Waals surface area contributed by atoms with E-state index in [0.717, 1.165) is 25.3 Å². The van der Waals surface area contributed by atoms with E-state index in [1.54, 1.807) is 6.20 Å². The molecule has 3 N–H and O–H groups in total. The van der Waals surface area contributed by atoms with Gasteiger partial charge in [0.25, 0.3) is 0 Å². The van der Waals surface area contributed by atoms with Crippen molar-refractivity contribution < 1.29 is 0 Å². The minimum atomic E-state index is 0.306. The third kappa shape index (κ3) is 4.02. The summed E-state index contributed by atoms with van der Waals surface area (Å²) < 4.78 is 0. The molecule has 5 nitrogen and oxygen atoms in total. The summed E-state index contributed by atoms with van der Waals surface area (Å²) >= 11 is 0. The normalized spacial score (nSPS) is 12.8. The Bertz CT molecular complexity index is 315. The third-order valence-corrected chi connectivity index (χ3v) is 2.79. The molecule has 0 aliphatic rings. The van der Waals surface area contributed by atoms with Gasteiger partial charge in [0.2, 0.25) is 5.95 Å². The number of aromatic nitrogens is 2. The Morgan fingerprint density at radius 1 is 1.56 bits per heavy atom. The van der Waals surface area contributed by atoms with Gasteiger partial charge in [0, 0.05) is 25.3 Å². The monoisotopic (exact) mass is 223 g/mol. The van der Waals surface area contributed by atoms with E-state index in [-0.39, 0.29) is 0 Å². The summed E-state index contributed by atoms with van der Waals surface area (Å²) in [6, 6.07) is 2.43.